The highest BCUT2D eigenvalue weighted by atomic mass is 79.9. The SMILES string of the molecule is Cc1cc(C)c(C(=O)N2CCCC2CCCBr)c(C)c1. The summed E-state index contributed by atoms with van der Waals surface area (Å²) in [6.45, 7) is 7.11. The van der Waals surface area contributed by atoms with Gasteiger partial charge in [0, 0.05) is 23.5 Å². The molecule has 1 aromatic rings. The van der Waals surface area contributed by atoms with Gasteiger partial charge in [0.25, 0.3) is 5.91 Å². The lowest BCUT2D eigenvalue weighted by Crippen LogP contribution is -2.36. The van der Waals surface area contributed by atoms with E-state index in [1.54, 1.807) is 0 Å². The van der Waals surface area contributed by atoms with E-state index in [9.17, 15) is 4.79 Å². The molecule has 0 N–H and O–H groups in total. The Balaban J connectivity index is 2.22. The Morgan fingerprint density at radius 2 is 1.95 bits per heavy atom. The Hall–Kier alpha value is -0.830. The maximum Gasteiger partial charge on any atom is 0.254 e. The molecule has 1 heterocycles. The van der Waals surface area contributed by atoms with Crippen LogP contribution in [0.25, 0.3) is 0 Å². The molecule has 0 bridgehead atoms. The molecule has 20 heavy (non-hydrogen) atoms. The number of hydrogen-bond donors (Lipinski definition) is 0. The van der Waals surface area contributed by atoms with Crippen LogP contribution in [-0.2, 0) is 0 Å². The zero-order chi connectivity index (χ0) is 14.7. The molecule has 2 nitrogen and oxygen atoms in total. The van der Waals surface area contributed by atoms with E-state index in [0.717, 1.165) is 54.2 Å². The van der Waals surface area contributed by atoms with Gasteiger partial charge in [0.15, 0.2) is 0 Å². The number of carbonyl (C=O) groups is 1. The van der Waals surface area contributed by atoms with Crippen molar-refractivity contribution in [1.29, 1.82) is 0 Å². The predicted molar refractivity (Wildman–Crippen MR) is 87.7 cm³/mol. The van der Waals surface area contributed by atoms with Gasteiger partial charge in [0.2, 0.25) is 0 Å². The Morgan fingerprint density at radius 3 is 2.55 bits per heavy atom. The van der Waals surface area contributed by atoms with Crippen molar-refractivity contribution in [2.24, 2.45) is 0 Å². The highest BCUT2D eigenvalue weighted by Crippen LogP contribution is 2.26. The van der Waals surface area contributed by atoms with Crippen LogP contribution >= 0.6 is 15.9 Å². The minimum Gasteiger partial charge on any atom is -0.336 e. The number of nitrogens with zero attached hydrogens (tertiary/aromatic N) is 1. The Kier molecular flexibility index (Phi) is 5.25. The normalized spacial score (nSPS) is 18.6. The second kappa shape index (κ2) is 6.75. The summed E-state index contributed by atoms with van der Waals surface area (Å²) in [6, 6.07) is 4.66. The Bertz CT molecular complexity index is 475. The average molecular weight is 338 g/mol. The lowest BCUT2D eigenvalue weighted by Gasteiger charge is -2.26. The van der Waals surface area contributed by atoms with Gasteiger partial charge in [-0.3, -0.25) is 4.79 Å². The number of aryl methyl sites for hydroxylation is 3. The quantitative estimate of drug-likeness (QED) is 0.746. The lowest BCUT2D eigenvalue weighted by molar-refractivity contribution is 0.0729. The maximum absolute atomic E-state index is 12.9. The molecule has 1 saturated heterocycles. The van der Waals surface area contributed by atoms with Crippen LogP contribution < -0.4 is 0 Å². The standard InChI is InChI=1S/C17H24BrNO/c1-12-10-13(2)16(14(3)11-12)17(20)19-9-5-7-15(19)6-4-8-18/h10-11,15H,4-9H2,1-3H3. The fraction of sp³-hybridized carbons (Fsp3) is 0.588. The highest BCUT2D eigenvalue weighted by molar-refractivity contribution is 9.09. The van der Waals surface area contributed by atoms with E-state index < -0.39 is 0 Å². The van der Waals surface area contributed by atoms with Crippen LogP contribution in [0.15, 0.2) is 12.1 Å². The molecule has 1 amide bonds. The van der Waals surface area contributed by atoms with Crippen LogP contribution in [-0.4, -0.2) is 28.7 Å². The van der Waals surface area contributed by atoms with E-state index in [2.05, 4.69) is 53.7 Å². The number of hydrogen-bond acceptors (Lipinski definition) is 1. The summed E-state index contributed by atoms with van der Waals surface area (Å²) < 4.78 is 0. The van der Waals surface area contributed by atoms with E-state index >= 15 is 0 Å². The summed E-state index contributed by atoms with van der Waals surface area (Å²) in [5.74, 6) is 0.233. The van der Waals surface area contributed by atoms with Gasteiger partial charge in [0.1, 0.15) is 0 Å². The molecule has 1 atom stereocenters. The number of alkyl halides is 1. The third-order valence-electron chi connectivity index (χ3n) is 4.20. The summed E-state index contributed by atoms with van der Waals surface area (Å²) >= 11 is 3.49. The van der Waals surface area contributed by atoms with Gasteiger partial charge in [-0.2, -0.15) is 0 Å². The largest absolute Gasteiger partial charge is 0.336 e. The summed E-state index contributed by atoms with van der Waals surface area (Å²) in [5.41, 5.74) is 4.37. The van der Waals surface area contributed by atoms with Crippen molar-refractivity contribution in [2.45, 2.75) is 52.5 Å². The minimum absolute atomic E-state index is 0.233. The van der Waals surface area contributed by atoms with Gasteiger partial charge in [0.05, 0.1) is 0 Å². The zero-order valence-corrected chi connectivity index (χ0v) is 14.3. The van der Waals surface area contributed by atoms with E-state index in [0.29, 0.717) is 6.04 Å². The van der Waals surface area contributed by atoms with Crippen LogP contribution in [0.5, 0.6) is 0 Å². The smallest absolute Gasteiger partial charge is 0.254 e. The lowest BCUT2D eigenvalue weighted by atomic mass is 9.98. The van der Waals surface area contributed by atoms with Gasteiger partial charge in [-0.25, -0.2) is 0 Å². The highest BCUT2D eigenvalue weighted by Gasteiger charge is 2.30. The molecule has 0 aliphatic carbocycles. The minimum atomic E-state index is 0.233. The Morgan fingerprint density at radius 1 is 1.30 bits per heavy atom. The van der Waals surface area contributed by atoms with Crippen molar-refractivity contribution in [3.05, 3.63) is 34.4 Å². The van der Waals surface area contributed by atoms with Crippen LogP contribution in [0.2, 0.25) is 0 Å². The summed E-state index contributed by atoms with van der Waals surface area (Å²) in [6.07, 6.45) is 4.55. The number of halogens is 1. The molecule has 3 heteroatoms. The van der Waals surface area contributed by atoms with Crippen LogP contribution in [0, 0.1) is 20.8 Å². The van der Waals surface area contributed by atoms with Gasteiger partial charge in [-0.1, -0.05) is 33.6 Å². The predicted octanol–water partition coefficient (Wildman–Crippen LogP) is 4.39. The van der Waals surface area contributed by atoms with Crippen molar-refractivity contribution >= 4 is 21.8 Å². The van der Waals surface area contributed by atoms with E-state index in [-0.39, 0.29) is 5.91 Å². The van der Waals surface area contributed by atoms with Crippen molar-refractivity contribution in [1.82, 2.24) is 4.90 Å². The fourth-order valence-electron chi connectivity index (χ4n) is 3.38. The van der Waals surface area contributed by atoms with E-state index in [4.69, 9.17) is 0 Å². The van der Waals surface area contributed by atoms with Crippen molar-refractivity contribution in [3.8, 4) is 0 Å². The summed E-state index contributed by atoms with van der Waals surface area (Å²) in [7, 11) is 0. The molecule has 0 aromatic heterocycles. The molecule has 110 valence electrons. The van der Waals surface area contributed by atoms with Gasteiger partial charge in [-0.05, 0) is 57.6 Å². The molecule has 1 aliphatic rings. The molecule has 2 rings (SSSR count). The van der Waals surface area contributed by atoms with Gasteiger partial charge < -0.3 is 4.90 Å². The molecule has 0 spiro atoms. The molecule has 1 unspecified atom stereocenters. The van der Waals surface area contributed by atoms with Crippen LogP contribution in [0.1, 0.15) is 52.7 Å². The monoisotopic (exact) mass is 337 g/mol. The second-order valence-corrected chi connectivity index (χ2v) is 6.69. The summed E-state index contributed by atoms with van der Waals surface area (Å²) in [4.78, 5) is 15.0. The first-order valence-corrected chi connectivity index (χ1v) is 8.61. The van der Waals surface area contributed by atoms with Gasteiger partial charge in [-0.15, -0.1) is 0 Å². The molecule has 1 fully saturated rings. The molecule has 1 aliphatic heterocycles. The molecular formula is C17H24BrNO. The first kappa shape index (κ1) is 15.6. The van der Waals surface area contributed by atoms with Crippen LogP contribution in [0.3, 0.4) is 0 Å². The van der Waals surface area contributed by atoms with E-state index in [1.807, 2.05) is 0 Å². The number of rotatable bonds is 4. The number of benzene rings is 1. The third-order valence-corrected chi connectivity index (χ3v) is 4.76. The maximum atomic E-state index is 12.9. The fourth-order valence-corrected chi connectivity index (χ4v) is 3.70. The second-order valence-electron chi connectivity index (χ2n) is 5.90. The zero-order valence-electron chi connectivity index (χ0n) is 12.7. The topological polar surface area (TPSA) is 20.3 Å². The van der Waals surface area contributed by atoms with Crippen molar-refractivity contribution < 1.29 is 4.79 Å². The molecule has 1 aromatic carbocycles. The number of carbonyl (C=O) groups excluding carboxylic acids is 1. The molecule has 0 radical (unpaired) electrons. The Labute approximate surface area is 130 Å². The third kappa shape index (κ3) is 3.25. The van der Waals surface area contributed by atoms with Crippen LogP contribution in [0.4, 0.5) is 0 Å². The molecule has 0 saturated carbocycles. The van der Waals surface area contributed by atoms with Crippen molar-refractivity contribution in [3.63, 3.8) is 0 Å². The van der Waals surface area contributed by atoms with Crippen molar-refractivity contribution in [2.75, 3.05) is 11.9 Å². The molecular weight excluding hydrogens is 314 g/mol. The van der Waals surface area contributed by atoms with E-state index in [1.165, 1.54) is 5.56 Å². The summed E-state index contributed by atoms with van der Waals surface area (Å²) in [5, 5.41) is 1.02. The van der Waals surface area contributed by atoms with Gasteiger partial charge >= 0.3 is 0 Å². The number of likely N-dealkylation sites (tertiary alicyclic amines) is 1. The average Bonchev–Trinajstić information content (AvgIpc) is 2.83. The first-order valence-electron chi connectivity index (χ1n) is 7.49. The number of amides is 1. The first-order chi connectivity index (χ1) is 9.54.